The molecule has 4 heteroatoms. The topological polar surface area (TPSA) is 29.3 Å². The molecule has 0 fully saturated rings. The molecule has 0 saturated carbocycles. The molecule has 0 aliphatic carbocycles. The Bertz CT molecular complexity index is 589. The van der Waals surface area contributed by atoms with Gasteiger partial charge in [-0.15, -0.1) is 0 Å². The van der Waals surface area contributed by atoms with Crippen LogP contribution in [-0.2, 0) is 6.54 Å². The summed E-state index contributed by atoms with van der Waals surface area (Å²) in [5.74, 6) is -0.200. The predicted octanol–water partition coefficient (Wildman–Crippen LogP) is 4.00. The van der Waals surface area contributed by atoms with Crippen molar-refractivity contribution in [1.29, 1.82) is 0 Å². The van der Waals surface area contributed by atoms with Gasteiger partial charge in [0, 0.05) is 17.6 Å². The zero-order chi connectivity index (χ0) is 15.2. The van der Waals surface area contributed by atoms with E-state index in [9.17, 15) is 4.39 Å². The summed E-state index contributed by atoms with van der Waals surface area (Å²) < 4.78 is 13.1. The molecule has 0 heterocycles. The maximum absolute atomic E-state index is 13.1. The van der Waals surface area contributed by atoms with Crippen LogP contribution in [0.4, 0.5) is 4.39 Å². The van der Waals surface area contributed by atoms with Crippen molar-refractivity contribution in [2.45, 2.75) is 19.0 Å². The summed E-state index contributed by atoms with van der Waals surface area (Å²) in [6, 6.07) is 14.2. The third kappa shape index (κ3) is 4.81. The minimum Gasteiger partial charge on any atom is -0.324 e. The van der Waals surface area contributed by atoms with Crippen LogP contribution in [0.2, 0.25) is 5.02 Å². The summed E-state index contributed by atoms with van der Waals surface area (Å²) in [4.78, 5) is 2.13. The van der Waals surface area contributed by atoms with Gasteiger partial charge in [0.25, 0.3) is 0 Å². The molecule has 0 aromatic heterocycles. The molecule has 2 aromatic carbocycles. The van der Waals surface area contributed by atoms with Crippen LogP contribution in [0.3, 0.4) is 0 Å². The Morgan fingerprint density at radius 3 is 2.67 bits per heavy atom. The van der Waals surface area contributed by atoms with Gasteiger partial charge >= 0.3 is 0 Å². The first-order chi connectivity index (χ1) is 10.1. The molecule has 0 saturated heterocycles. The summed E-state index contributed by atoms with van der Waals surface area (Å²) in [7, 11) is 2.00. The molecule has 2 rings (SSSR count). The lowest BCUT2D eigenvalue weighted by molar-refractivity contribution is 0.311. The molecule has 2 nitrogen and oxygen atoms in total. The molecule has 1 unspecified atom stereocenters. The third-order valence-corrected chi connectivity index (χ3v) is 3.81. The molecule has 0 spiro atoms. The van der Waals surface area contributed by atoms with Gasteiger partial charge in [0.05, 0.1) is 0 Å². The van der Waals surface area contributed by atoms with E-state index in [0.29, 0.717) is 11.6 Å². The highest BCUT2D eigenvalue weighted by molar-refractivity contribution is 6.31. The van der Waals surface area contributed by atoms with E-state index < -0.39 is 0 Å². The number of hydrogen-bond acceptors (Lipinski definition) is 2. The van der Waals surface area contributed by atoms with Crippen molar-refractivity contribution >= 4 is 11.6 Å². The van der Waals surface area contributed by atoms with Crippen molar-refractivity contribution < 1.29 is 4.39 Å². The second kappa shape index (κ2) is 7.55. The van der Waals surface area contributed by atoms with E-state index in [0.717, 1.165) is 24.1 Å². The Labute approximate surface area is 130 Å². The third-order valence-electron chi connectivity index (χ3n) is 3.47. The van der Waals surface area contributed by atoms with Crippen molar-refractivity contribution in [1.82, 2.24) is 4.90 Å². The number of nitrogens with two attached hydrogens (primary N) is 1. The molecule has 0 radical (unpaired) electrons. The number of hydrogen-bond donors (Lipinski definition) is 1. The van der Waals surface area contributed by atoms with Crippen LogP contribution < -0.4 is 5.73 Å². The molecule has 0 amide bonds. The van der Waals surface area contributed by atoms with Crippen LogP contribution in [-0.4, -0.2) is 18.5 Å². The highest BCUT2D eigenvalue weighted by Crippen LogP contribution is 2.23. The number of benzene rings is 2. The van der Waals surface area contributed by atoms with Crippen molar-refractivity contribution in [2.75, 3.05) is 13.6 Å². The normalized spacial score (nSPS) is 12.6. The maximum atomic E-state index is 13.1. The Morgan fingerprint density at radius 1 is 1.19 bits per heavy atom. The first-order valence-corrected chi connectivity index (χ1v) is 7.37. The van der Waals surface area contributed by atoms with Gasteiger partial charge in [0.1, 0.15) is 5.82 Å². The minimum atomic E-state index is -0.200. The second-order valence-corrected chi connectivity index (χ2v) is 5.69. The highest BCUT2D eigenvalue weighted by Gasteiger charge is 2.11. The molecular formula is C17H20ClFN2. The first-order valence-electron chi connectivity index (χ1n) is 6.99. The lowest BCUT2D eigenvalue weighted by Crippen LogP contribution is -2.23. The summed E-state index contributed by atoms with van der Waals surface area (Å²) >= 11 is 6.15. The molecule has 0 aliphatic heterocycles. The van der Waals surface area contributed by atoms with Gasteiger partial charge in [-0.05, 0) is 49.3 Å². The first kappa shape index (κ1) is 16.0. The van der Waals surface area contributed by atoms with Gasteiger partial charge in [-0.2, -0.15) is 0 Å². The van der Waals surface area contributed by atoms with Crippen molar-refractivity contribution in [3.8, 4) is 0 Å². The van der Waals surface area contributed by atoms with Gasteiger partial charge in [-0.25, -0.2) is 4.39 Å². The minimum absolute atomic E-state index is 0.0892. The van der Waals surface area contributed by atoms with Gasteiger partial charge in [0.15, 0.2) is 0 Å². The predicted molar refractivity (Wildman–Crippen MR) is 85.7 cm³/mol. The van der Waals surface area contributed by atoms with E-state index in [1.54, 1.807) is 12.1 Å². The van der Waals surface area contributed by atoms with Crippen LogP contribution in [0, 0.1) is 5.82 Å². The molecule has 21 heavy (non-hydrogen) atoms. The number of halogens is 2. The lowest BCUT2D eigenvalue weighted by atomic mass is 10.0. The van der Waals surface area contributed by atoms with Gasteiger partial charge in [0.2, 0.25) is 0 Å². The second-order valence-electron chi connectivity index (χ2n) is 5.28. The van der Waals surface area contributed by atoms with E-state index >= 15 is 0 Å². The fraction of sp³-hybridized carbons (Fsp3) is 0.294. The number of rotatable bonds is 6. The molecule has 0 aliphatic rings. The van der Waals surface area contributed by atoms with Crippen LogP contribution in [0.1, 0.15) is 23.6 Å². The number of nitrogens with zero attached hydrogens (tertiary/aromatic N) is 1. The van der Waals surface area contributed by atoms with E-state index in [2.05, 4.69) is 4.90 Å². The van der Waals surface area contributed by atoms with Gasteiger partial charge in [-0.3, -0.25) is 0 Å². The highest BCUT2D eigenvalue weighted by atomic mass is 35.5. The van der Waals surface area contributed by atoms with E-state index in [1.807, 2.05) is 37.4 Å². The zero-order valence-corrected chi connectivity index (χ0v) is 12.9. The van der Waals surface area contributed by atoms with Gasteiger partial charge in [-0.1, -0.05) is 41.9 Å². The average molecular weight is 307 g/mol. The summed E-state index contributed by atoms with van der Waals surface area (Å²) in [6.45, 7) is 1.52. The van der Waals surface area contributed by atoms with E-state index in [1.165, 1.54) is 6.07 Å². The zero-order valence-electron chi connectivity index (χ0n) is 12.1. The summed E-state index contributed by atoms with van der Waals surface area (Å²) in [6.07, 6.45) is 0.801. The molecule has 0 bridgehead atoms. The molecule has 2 aromatic rings. The Balaban J connectivity index is 1.86. The fourth-order valence-electron chi connectivity index (χ4n) is 2.32. The smallest absolute Gasteiger partial charge is 0.123 e. The summed E-state index contributed by atoms with van der Waals surface area (Å²) in [5.41, 5.74) is 8.12. The average Bonchev–Trinajstić information content (AvgIpc) is 2.45. The quantitative estimate of drug-likeness (QED) is 0.874. The van der Waals surface area contributed by atoms with Crippen molar-refractivity contribution in [2.24, 2.45) is 5.73 Å². The fourth-order valence-corrected chi connectivity index (χ4v) is 2.59. The lowest BCUT2D eigenvalue weighted by Gasteiger charge is -2.20. The van der Waals surface area contributed by atoms with Crippen LogP contribution in [0.15, 0.2) is 48.5 Å². The standard InChI is InChI=1S/C17H20ClFN2/c1-21(12-13-5-4-6-14(19)11-13)10-9-17(20)15-7-2-3-8-16(15)18/h2-8,11,17H,9-10,12,20H2,1H3. The maximum Gasteiger partial charge on any atom is 0.123 e. The Kier molecular flexibility index (Phi) is 5.74. The largest absolute Gasteiger partial charge is 0.324 e. The SMILES string of the molecule is CN(CCC(N)c1ccccc1Cl)Cc1cccc(F)c1. The molecule has 1 atom stereocenters. The van der Waals surface area contributed by atoms with Gasteiger partial charge < -0.3 is 10.6 Å². The Morgan fingerprint density at radius 2 is 1.95 bits per heavy atom. The monoisotopic (exact) mass is 306 g/mol. The Hall–Kier alpha value is -1.42. The van der Waals surface area contributed by atoms with Crippen molar-refractivity contribution in [3.05, 3.63) is 70.5 Å². The summed E-state index contributed by atoms with van der Waals surface area (Å²) in [5, 5.41) is 0.706. The molecule has 2 N–H and O–H groups in total. The van der Waals surface area contributed by atoms with E-state index in [-0.39, 0.29) is 11.9 Å². The van der Waals surface area contributed by atoms with Crippen molar-refractivity contribution in [3.63, 3.8) is 0 Å². The van der Waals surface area contributed by atoms with Crippen LogP contribution >= 0.6 is 11.6 Å². The van der Waals surface area contributed by atoms with Crippen LogP contribution in [0.5, 0.6) is 0 Å². The van der Waals surface area contributed by atoms with Crippen LogP contribution in [0.25, 0.3) is 0 Å². The molecular weight excluding hydrogens is 287 g/mol. The van der Waals surface area contributed by atoms with E-state index in [4.69, 9.17) is 17.3 Å². The molecule has 112 valence electrons.